The molecule has 0 radical (unpaired) electrons. The summed E-state index contributed by atoms with van der Waals surface area (Å²) in [5, 5.41) is 1.94. The average molecular weight is 385 g/mol. The van der Waals surface area contributed by atoms with Crippen LogP contribution in [0.5, 0.6) is 0 Å². The van der Waals surface area contributed by atoms with Gasteiger partial charge in [0.2, 0.25) is 0 Å². The number of allylic oxidation sites excluding steroid dienone is 1. The van der Waals surface area contributed by atoms with E-state index in [9.17, 15) is 4.79 Å². The molecule has 0 saturated heterocycles. The number of carbonyl (C=O) groups excluding carboxylic acids is 1. The number of esters is 1. The van der Waals surface area contributed by atoms with Crippen LogP contribution >= 0.6 is 7.28 Å². The normalized spacial score (nSPS) is 12.1. The van der Waals surface area contributed by atoms with Crippen molar-refractivity contribution >= 4 is 23.9 Å². The highest BCUT2D eigenvalue weighted by Gasteiger charge is 2.28. The molecular weight excluding hydrogens is 357 g/mol. The lowest BCUT2D eigenvalue weighted by Crippen LogP contribution is -2.20. The molecule has 2 rings (SSSR count). The highest BCUT2D eigenvalue weighted by Crippen LogP contribution is 2.50. The second-order valence-corrected chi connectivity index (χ2v) is 8.92. The third-order valence-electron chi connectivity index (χ3n) is 3.75. The van der Waals surface area contributed by atoms with Crippen molar-refractivity contribution in [1.29, 1.82) is 0 Å². The lowest BCUT2D eigenvalue weighted by molar-refractivity contribution is -0.138. The van der Waals surface area contributed by atoms with E-state index in [1.54, 1.807) is 6.92 Å². The minimum Gasteiger partial charge on any atom is -0.461 e. The molecule has 0 aliphatic carbocycles. The molecular formula is C22H28NO3P. The van der Waals surface area contributed by atoms with Crippen LogP contribution in [0.1, 0.15) is 27.7 Å². The molecule has 0 fully saturated rings. The molecule has 5 heteroatoms. The van der Waals surface area contributed by atoms with Gasteiger partial charge in [-0.1, -0.05) is 74.5 Å². The minimum absolute atomic E-state index is 0.156. The van der Waals surface area contributed by atoms with Crippen LogP contribution in [0, 0.1) is 5.92 Å². The van der Waals surface area contributed by atoms with Gasteiger partial charge in [0.05, 0.1) is 13.2 Å². The molecule has 4 nitrogen and oxygen atoms in total. The van der Waals surface area contributed by atoms with Crippen LogP contribution in [-0.2, 0) is 14.1 Å². The Morgan fingerprint density at radius 1 is 0.963 bits per heavy atom. The van der Waals surface area contributed by atoms with Crippen LogP contribution in [0.2, 0.25) is 0 Å². The Balaban J connectivity index is 2.80. The van der Waals surface area contributed by atoms with E-state index in [1.807, 2.05) is 87.5 Å². The number of rotatable bonds is 8. The van der Waals surface area contributed by atoms with Crippen LogP contribution in [0.15, 0.2) is 77.2 Å². The molecule has 0 aliphatic rings. The summed E-state index contributed by atoms with van der Waals surface area (Å²) in [6, 6.07) is 19.9. The highest BCUT2D eigenvalue weighted by atomic mass is 31.2. The van der Waals surface area contributed by atoms with Gasteiger partial charge in [0.1, 0.15) is 13.0 Å². The van der Waals surface area contributed by atoms with Crippen molar-refractivity contribution in [2.75, 3.05) is 13.2 Å². The van der Waals surface area contributed by atoms with Crippen LogP contribution < -0.4 is 10.6 Å². The summed E-state index contributed by atoms with van der Waals surface area (Å²) in [5.74, 6) is -0.259. The predicted molar refractivity (Wildman–Crippen MR) is 113 cm³/mol. The summed E-state index contributed by atoms with van der Waals surface area (Å²) >= 11 is 0. The zero-order valence-corrected chi connectivity index (χ0v) is 17.4. The molecule has 0 spiro atoms. The van der Waals surface area contributed by atoms with Crippen molar-refractivity contribution in [3.63, 3.8) is 0 Å². The van der Waals surface area contributed by atoms with E-state index >= 15 is 0 Å². The number of hydrogen-bond acceptors (Lipinski definition) is 4. The van der Waals surface area contributed by atoms with E-state index in [4.69, 9.17) is 14.0 Å². The number of nitrogens with zero attached hydrogens (tertiary/aromatic N) is 1. The van der Waals surface area contributed by atoms with Crippen LogP contribution in [0.4, 0.5) is 0 Å². The molecule has 0 N–H and O–H groups in total. The van der Waals surface area contributed by atoms with Gasteiger partial charge in [0.25, 0.3) is 0 Å². The number of ether oxygens (including phenoxy) is 1. The summed E-state index contributed by atoms with van der Waals surface area (Å²) in [6.45, 7) is 8.57. The van der Waals surface area contributed by atoms with E-state index in [-0.39, 0.29) is 5.92 Å². The fraction of sp³-hybridized carbons (Fsp3) is 0.318. The van der Waals surface area contributed by atoms with Gasteiger partial charge in [-0.3, -0.25) is 0 Å². The van der Waals surface area contributed by atoms with Crippen molar-refractivity contribution in [2.24, 2.45) is 10.7 Å². The summed E-state index contributed by atoms with van der Waals surface area (Å²) < 4.78 is 16.6. The van der Waals surface area contributed by atoms with Gasteiger partial charge in [-0.2, -0.15) is 0 Å². The fourth-order valence-electron chi connectivity index (χ4n) is 2.70. The third-order valence-corrected chi connectivity index (χ3v) is 6.88. The maximum absolute atomic E-state index is 12.6. The van der Waals surface area contributed by atoms with E-state index < -0.39 is 13.3 Å². The zero-order chi connectivity index (χ0) is 19.7. The molecule has 0 heterocycles. The first kappa shape index (κ1) is 21.1. The standard InChI is InChI=1S/C22H28NO3P/c1-5-25-22(24)21(17-18(3)4)23-27(26-6-2,19-13-9-7-10-14-19)20-15-11-8-12-16-20/h7-18H,5-6H2,1-4H3/b21-17+. The van der Waals surface area contributed by atoms with Gasteiger partial charge in [0.15, 0.2) is 0 Å². The third kappa shape index (κ3) is 5.41. The molecule has 27 heavy (non-hydrogen) atoms. The van der Waals surface area contributed by atoms with E-state index in [0.29, 0.717) is 18.9 Å². The molecule has 0 atom stereocenters. The fourth-order valence-corrected chi connectivity index (χ4v) is 5.57. The summed E-state index contributed by atoms with van der Waals surface area (Å²) in [7, 11) is -2.63. The largest absolute Gasteiger partial charge is 0.461 e. The number of carbonyl (C=O) groups is 1. The second kappa shape index (κ2) is 10.2. The maximum Gasteiger partial charge on any atom is 0.356 e. The summed E-state index contributed by atoms with van der Waals surface area (Å²) in [5.41, 5.74) is 0.321. The molecule has 0 aromatic heterocycles. The zero-order valence-electron chi connectivity index (χ0n) is 16.5. The van der Waals surface area contributed by atoms with E-state index in [2.05, 4.69) is 0 Å². The monoisotopic (exact) mass is 385 g/mol. The molecule has 0 amide bonds. The first-order chi connectivity index (χ1) is 13.0. The Morgan fingerprint density at radius 2 is 1.48 bits per heavy atom. The molecule has 2 aromatic rings. The summed E-state index contributed by atoms with van der Waals surface area (Å²) in [6.07, 6.45) is 1.84. The number of hydrogen-bond donors (Lipinski definition) is 0. The van der Waals surface area contributed by atoms with Gasteiger partial charge in [-0.25, -0.2) is 9.54 Å². The second-order valence-electron chi connectivity index (χ2n) is 6.28. The Morgan fingerprint density at radius 3 is 1.89 bits per heavy atom. The Hall–Kier alpha value is -2.16. The Kier molecular flexibility index (Phi) is 8.02. The molecule has 0 aliphatic heterocycles. The lowest BCUT2D eigenvalue weighted by atomic mass is 10.2. The van der Waals surface area contributed by atoms with Crippen LogP contribution in [0.25, 0.3) is 0 Å². The lowest BCUT2D eigenvalue weighted by Gasteiger charge is -2.26. The van der Waals surface area contributed by atoms with Crippen LogP contribution in [-0.4, -0.2) is 19.2 Å². The van der Waals surface area contributed by atoms with Gasteiger partial charge < -0.3 is 9.26 Å². The van der Waals surface area contributed by atoms with Crippen molar-refractivity contribution in [1.82, 2.24) is 0 Å². The topological polar surface area (TPSA) is 47.9 Å². The smallest absolute Gasteiger partial charge is 0.356 e. The first-order valence-electron chi connectivity index (χ1n) is 9.30. The Labute approximate surface area is 162 Å². The van der Waals surface area contributed by atoms with Gasteiger partial charge in [0, 0.05) is 10.6 Å². The Bertz CT molecular complexity index is 770. The molecule has 0 bridgehead atoms. The van der Waals surface area contributed by atoms with Gasteiger partial charge in [-0.15, -0.1) is 0 Å². The van der Waals surface area contributed by atoms with E-state index in [1.165, 1.54) is 0 Å². The highest BCUT2D eigenvalue weighted by molar-refractivity contribution is 7.76. The predicted octanol–water partition coefficient (Wildman–Crippen LogP) is 4.89. The maximum atomic E-state index is 12.6. The van der Waals surface area contributed by atoms with E-state index in [0.717, 1.165) is 10.6 Å². The first-order valence-corrected chi connectivity index (χ1v) is 11.0. The van der Waals surface area contributed by atoms with Crippen molar-refractivity contribution in [3.05, 3.63) is 72.4 Å². The van der Waals surface area contributed by atoms with Gasteiger partial charge >= 0.3 is 5.97 Å². The van der Waals surface area contributed by atoms with Crippen molar-refractivity contribution in [3.8, 4) is 0 Å². The molecule has 0 unspecified atom stereocenters. The summed E-state index contributed by atoms with van der Waals surface area (Å²) in [4.78, 5) is 12.6. The minimum atomic E-state index is -2.63. The molecule has 2 aromatic carbocycles. The van der Waals surface area contributed by atoms with Crippen molar-refractivity contribution in [2.45, 2.75) is 27.7 Å². The average Bonchev–Trinajstić information content (AvgIpc) is 2.68. The van der Waals surface area contributed by atoms with Crippen LogP contribution in [0.3, 0.4) is 0 Å². The molecule has 0 saturated carbocycles. The SMILES string of the molecule is CCOC(=O)/C(=C\C(C)C)N=P(OCC)(c1ccccc1)c1ccccc1. The van der Waals surface area contributed by atoms with Gasteiger partial charge in [-0.05, 0) is 25.8 Å². The quantitative estimate of drug-likeness (QED) is 0.369. The van der Waals surface area contributed by atoms with Crippen molar-refractivity contribution < 1.29 is 14.1 Å². The number of benzene rings is 2. The molecule has 144 valence electrons.